The van der Waals surface area contributed by atoms with Gasteiger partial charge in [0.2, 0.25) is 0 Å². The minimum Gasteiger partial charge on any atom is -0.329 e. The van der Waals surface area contributed by atoms with Crippen LogP contribution in [-0.2, 0) is 0 Å². The maximum absolute atomic E-state index is 6.18. The van der Waals surface area contributed by atoms with Gasteiger partial charge in [-0.1, -0.05) is 20.8 Å². The fourth-order valence-corrected chi connectivity index (χ4v) is 3.62. The van der Waals surface area contributed by atoms with Crippen LogP contribution in [0, 0.1) is 11.3 Å². The van der Waals surface area contributed by atoms with Crippen LogP contribution in [0.3, 0.4) is 0 Å². The molecule has 0 amide bonds. The summed E-state index contributed by atoms with van der Waals surface area (Å²) in [4.78, 5) is 2.75. The lowest BCUT2D eigenvalue weighted by atomic mass is 9.86. The Bertz CT molecular complexity index is 258. The quantitative estimate of drug-likeness (QED) is 0.771. The molecule has 2 nitrogen and oxygen atoms in total. The SMILES string of the molecule is CCCN(CC1CC1)C1(CN)CCC(C)(C)C1. The van der Waals surface area contributed by atoms with Gasteiger partial charge in [0.05, 0.1) is 0 Å². The molecule has 2 aliphatic rings. The van der Waals surface area contributed by atoms with E-state index in [0.29, 0.717) is 11.0 Å². The van der Waals surface area contributed by atoms with Crippen LogP contribution in [0.25, 0.3) is 0 Å². The molecule has 17 heavy (non-hydrogen) atoms. The van der Waals surface area contributed by atoms with E-state index in [2.05, 4.69) is 25.7 Å². The lowest BCUT2D eigenvalue weighted by Gasteiger charge is -2.42. The molecule has 100 valence electrons. The van der Waals surface area contributed by atoms with Crippen LogP contribution in [0.15, 0.2) is 0 Å². The molecule has 0 aromatic heterocycles. The van der Waals surface area contributed by atoms with Crippen LogP contribution in [0.1, 0.15) is 59.3 Å². The van der Waals surface area contributed by atoms with Crippen molar-refractivity contribution in [2.45, 2.75) is 64.8 Å². The molecule has 0 heterocycles. The second-order valence-electron chi connectivity index (χ2n) is 7.16. The molecular formula is C15H30N2. The lowest BCUT2D eigenvalue weighted by molar-refractivity contribution is 0.0831. The largest absolute Gasteiger partial charge is 0.329 e. The molecule has 0 aromatic carbocycles. The second-order valence-corrected chi connectivity index (χ2v) is 7.16. The Morgan fingerprint density at radius 2 is 1.94 bits per heavy atom. The molecular weight excluding hydrogens is 208 g/mol. The number of rotatable bonds is 6. The van der Waals surface area contributed by atoms with Gasteiger partial charge in [-0.05, 0) is 56.4 Å². The van der Waals surface area contributed by atoms with Gasteiger partial charge in [0.25, 0.3) is 0 Å². The summed E-state index contributed by atoms with van der Waals surface area (Å²) in [6.45, 7) is 10.5. The summed E-state index contributed by atoms with van der Waals surface area (Å²) in [5.74, 6) is 0.980. The summed E-state index contributed by atoms with van der Waals surface area (Å²) in [6, 6.07) is 0. The Labute approximate surface area is 107 Å². The Balaban J connectivity index is 2.07. The van der Waals surface area contributed by atoms with Gasteiger partial charge < -0.3 is 5.73 Å². The van der Waals surface area contributed by atoms with Gasteiger partial charge in [-0.25, -0.2) is 0 Å². The third-order valence-electron chi connectivity index (χ3n) is 4.79. The predicted molar refractivity (Wildman–Crippen MR) is 74.0 cm³/mol. The van der Waals surface area contributed by atoms with Gasteiger partial charge in [0.1, 0.15) is 0 Å². The van der Waals surface area contributed by atoms with Gasteiger partial charge in [-0.15, -0.1) is 0 Å². The van der Waals surface area contributed by atoms with Gasteiger partial charge in [-0.3, -0.25) is 4.90 Å². The molecule has 1 atom stereocenters. The van der Waals surface area contributed by atoms with Crippen molar-refractivity contribution in [3.8, 4) is 0 Å². The highest BCUT2D eigenvalue weighted by Gasteiger charge is 2.46. The van der Waals surface area contributed by atoms with Crippen LogP contribution in [0.2, 0.25) is 0 Å². The Kier molecular flexibility index (Phi) is 3.84. The fraction of sp³-hybridized carbons (Fsp3) is 1.00. The monoisotopic (exact) mass is 238 g/mol. The van der Waals surface area contributed by atoms with E-state index in [0.717, 1.165) is 12.5 Å². The van der Waals surface area contributed by atoms with Crippen molar-refractivity contribution in [3.63, 3.8) is 0 Å². The van der Waals surface area contributed by atoms with E-state index in [4.69, 9.17) is 5.73 Å². The first-order chi connectivity index (χ1) is 8.01. The third kappa shape index (κ3) is 3.03. The first kappa shape index (κ1) is 13.4. The zero-order valence-electron chi connectivity index (χ0n) is 12.0. The number of nitrogens with zero attached hydrogens (tertiary/aromatic N) is 1. The summed E-state index contributed by atoms with van der Waals surface area (Å²) < 4.78 is 0. The number of hydrogen-bond donors (Lipinski definition) is 1. The molecule has 2 heteroatoms. The van der Waals surface area contributed by atoms with E-state index in [-0.39, 0.29) is 0 Å². The molecule has 0 radical (unpaired) electrons. The number of hydrogen-bond acceptors (Lipinski definition) is 2. The van der Waals surface area contributed by atoms with E-state index in [9.17, 15) is 0 Å². The second kappa shape index (κ2) is 4.89. The summed E-state index contributed by atoms with van der Waals surface area (Å²) in [5, 5.41) is 0. The van der Waals surface area contributed by atoms with Crippen molar-refractivity contribution >= 4 is 0 Å². The average molecular weight is 238 g/mol. The third-order valence-corrected chi connectivity index (χ3v) is 4.79. The van der Waals surface area contributed by atoms with Crippen LogP contribution < -0.4 is 5.73 Å². The van der Waals surface area contributed by atoms with Gasteiger partial charge in [0, 0.05) is 18.6 Å². The highest BCUT2D eigenvalue weighted by molar-refractivity contribution is 5.03. The zero-order chi connectivity index (χ0) is 12.5. The number of nitrogens with two attached hydrogens (primary N) is 1. The van der Waals surface area contributed by atoms with Crippen molar-refractivity contribution in [2.75, 3.05) is 19.6 Å². The summed E-state index contributed by atoms with van der Waals surface area (Å²) in [7, 11) is 0. The van der Waals surface area contributed by atoms with E-state index in [1.807, 2.05) is 0 Å². The van der Waals surface area contributed by atoms with E-state index >= 15 is 0 Å². The molecule has 2 aliphatic carbocycles. The van der Waals surface area contributed by atoms with Crippen molar-refractivity contribution < 1.29 is 0 Å². The van der Waals surface area contributed by atoms with Crippen LogP contribution in [-0.4, -0.2) is 30.1 Å². The normalized spacial score (nSPS) is 32.3. The Hall–Kier alpha value is -0.0800. The molecule has 0 aliphatic heterocycles. The van der Waals surface area contributed by atoms with E-state index < -0.39 is 0 Å². The van der Waals surface area contributed by atoms with E-state index in [1.165, 1.54) is 51.6 Å². The molecule has 2 N–H and O–H groups in total. The fourth-order valence-electron chi connectivity index (χ4n) is 3.62. The first-order valence-corrected chi connectivity index (χ1v) is 7.46. The maximum Gasteiger partial charge on any atom is 0.0337 e. The van der Waals surface area contributed by atoms with Gasteiger partial charge in [-0.2, -0.15) is 0 Å². The van der Waals surface area contributed by atoms with Crippen LogP contribution in [0.5, 0.6) is 0 Å². The van der Waals surface area contributed by atoms with Crippen molar-refractivity contribution in [1.82, 2.24) is 4.90 Å². The summed E-state index contributed by atoms with van der Waals surface area (Å²) in [6.07, 6.45) is 8.10. The predicted octanol–water partition coefficient (Wildman–Crippen LogP) is 3.02. The summed E-state index contributed by atoms with van der Waals surface area (Å²) in [5.41, 5.74) is 6.99. The van der Waals surface area contributed by atoms with Crippen molar-refractivity contribution in [2.24, 2.45) is 17.1 Å². The van der Waals surface area contributed by atoms with Crippen molar-refractivity contribution in [1.29, 1.82) is 0 Å². The average Bonchev–Trinajstić information content (AvgIpc) is 3.02. The molecule has 2 saturated carbocycles. The molecule has 0 saturated heterocycles. The highest BCUT2D eigenvalue weighted by Crippen LogP contribution is 2.47. The minimum absolute atomic E-state index is 0.322. The lowest BCUT2D eigenvalue weighted by Crippen LogP contribution is -2.53. The van der Waals surface area contributed by atoms with Crippen LogP contribution >= 0.6 is 0 Å². The molecule has 2 rings (SSSR count). The zero-order valence-corrected chi connectivity index (χ0v) is 12.0. The molecule has 0 aromatic rings. The first-order valence-electron chi connectivity index (χ1n) is 7.46. The molecule has 2 fully saturated rings. The molecule has 0 spiro atoms. The molecule has 1 unspecified atom stereocenters. The highest BCUT2D eigenvalue weighted by atomic mass is 15.2. The molecule has 0 bridgehead atoms. The minimum atomic E-state index is 0.322. The topological polar surface area (TPSA) is 29.3 Å². The Morgan fingerprint density at radius 3 is 2.35 bits per heavy atom. The summed E-state index contributed by atoms with van der Waals surface area (Å²) >= 11 is 0. The van der Waals surface area contributed by atoms with Gasteiger partial charge in [0.15, 0.2) is 0 Å². The van der Waals surface area contributed by atoms with Crippen LogP contribution in [0.4, 0.5) is 0 Å². The standard InChI is InChI=1S/C15H30N2/c1-4-9-17(10-13-5-6-13)15(12-16)8-7-14(2,3)11-15/h13H,4-12,16H2,1-3H3. The maximum atomic E-state index is 6.18. The Morgan fingerprint density at radius 1 is 1.24 bits per heavy atom. The smallest absolute Gasteiger partial charge is 0.0337 e. The van der Waals surface area contributed by atoms with E-state index in [1.54, 1.807) is 0 Å². The van der Waals surface area contributed by atoms with Crippen molar-refractivity contribution in [3.05, 3.63) is 0 Å². The van der Waals surface area contributed by atoms with Gasteiger partial charge >= 0.3 is 0 Å².